The summed E-state index contributed by atoms with van der Waals surface area (Å²) in [5, 5.41) is 10.3. The van der Waals surface area contributed by atoms with Gasteiger partial charge in [-0.05, 0) is 29.5 Å². The van der Waals surface area contributed by atoms with Crippen molar-refractivity contribution in [1.82, 2.24) is 4.57 Å². The lowest BCUT2D eigenvalue weighted by molar-refractivity contribution is 0.215. The van der Waals surface area contributed by atoms with E-state index in [9.17, 15) is 18.3 Å². The number of rotatable bonds is 4. The lowest BCUT2D eigenvalue weighted by atomic mass is 10.2. The number of sulfone groups is 1. The second kappa shape index (κ2) is 7.40. The summed E-state index contributed by atoms with van der Waals surface area (Å²) < 4.78 is 29.5. The van der Waals surface area contributed by atoms with E-state index in [1.54, 1.807) is 24.3 Å². The number of aromatic nitrogens is 1. The second-order valence-corrected chi connectivity index (χ2v) is 8.68. The molecule has 146 valence electrons. The standard InChI is InChI=1S/C19H19N3O5S/c1-13-14(2)18(23)22(19(24)17(13)20-3)12-27-16-6-4-15(5-7-16)21-8-10-28(25,26)11-9-21/h4-7,24H,1-2,8-12H2. The first kappa shape index (κ1) is 19.5. The van der Waals surface area contributed by atoms with Gasteiger partial charge >= 0.3 is 0 Å². The van der Waals surface area contributed by atoms with Gasteiger partial charge in [0.15, 0.2) is 16.6 Å². The zero-order valence-corrected chi connectivity index (χ0v) is 15.9. The van der Waals surface area contributed by atoms with Crippen LogP contribution in [-0.4, -0.2) is 42.7 Å². The molecule has 3 rings (SSSR count). The van der Waals surface area contributed by atoms with E-state index in [0.717, 1.165) is 10.3 Å². The minimum absolute atomic E-state index is 0.0304. The van der Waals surface area contributed by atoms with E-state index in [4.69, 9.17) is 11.3 Å². The fourth-order valence-corrected chi connectivity index (χ4v) is 4.10. The fraction of sp³-hybridized carbons (Fsp3) is 0.263. The Hall–Kier alpha value is -3.25. The normalized spacial score (nSPS) is 15.8. The van der Waals surface area contributed by atoms with Gasteiger partial charge in [0.05, 0.1) is 18.1 Å². The van der Waals surface area contributed by atoms with Gasteiger partial charge in [-0.1, -0.05) is 6.58 Å². The Morgan fingerprint density at radius 1 is 1.14 bits per heavy atom. The molecule has 1 N–H and O–H groups in total. The molecule has 9 heteroatoms. The Morgan fingerprint density at radius 3 is 2.32 bits per heavy atom. The quantitative estimate of drug-likeness (QED) is 0.736. The number of hydrogen-bond donors (Lipinski definition) is 1. The van der Waals surface area contributed by atoms with Crippen LogP contribution in [0.3, 0.4) is 0 Å². The number of ether oxygens (including phenoxy) is 1. The molecule has 8 nitrogen and oxygen atoms in total. The van der Waals surface area contributed by atoms with Crippen molar-refractivity contribution in [3.05, 3.63) is 56.5 Å². The minimum atomic E-state index is -2.94. The summed E-state index contributed by atoms with van der Waals surface area (Å²) in [6.45, 7) is 14.9. The van der Waals surface area contributed by atoms with Gasteiger partial charge in [0.25, 0.3) is 11.2 Å². The highest BCUT2D eigenvalue weighted by molar-refractivity contribution is 7.91. The Balaban J connectivity index is 1.76. The molecule has 0 bridgehead atoms. The highest BCUT2D eigenvalue weighted by Gasteiger charge is 2.21. The van der Waals surface area contributed by atoms with Gasteiger partial charge in [0, 0.05) is 24.0 Å². The average molecular weight is 401 g/mol. The van der Waals surface area contributed by atoms with E-state index in [-0.39, 0.29) is 34.4 Å². The molecule has 1 aliphatic rings. The van der Waals surface area contributed by atoms with Crippen LogP contribution in [0.4, 0.5) is 11.4 Å². The van der Waals surface area contributed by atoms with E-state index < -0.39 is 21.3 Å². The Kier molecular flexibility index (Phi) is 5.16. The highest BCUT2D eigenvalue weighted by Crippen LogP contribution is 2.23. The number of hydrogen-bond acceptors (Lipinski definition) is 6. The molecule has 0 unspecified atom stereocenters. The zero-order chi connectivity index (χ0) is 20.5. The summed E-state index contributed by atoms with van der Waals surface area (Å²) in [5.41, 5.74) is 0.156. The Morgan fingerprint density at radius 2 is 1.75 bits per heavy atom. The molecule has 28 heavy (non-hydrogen) atoms. The third-order valence-electron chi connectivity index (χ3n) is 4.64. The predicted octanol–water partition coefficient (Wildman–Crippen LogP) is 0.197. The van der Waals surface area contributed by atoms with Gasteiger partial charge in [-0.25, -0.2) is 13.3 Å². The monoisotopic (exact) mass is 401 g/mol. The van der Waals surface area contributed by atoms with E-state index in [0.29, 0.717) is 18.8 Å². The summed E-state index contributed by atoms with van der Waals surface area (Å²) >= 11 is 0. The lowest BCUT2D eigenvalue weighted by Crippen LogP contribution is -2.43. The SMILES string of the molecule is [C-]#[N+]c1c(O)n(COc2ccc(N3CCS(=O)(=O)CC3)cc2)c(=O)c(=C)c1=C. The van der Waals surface area contributed by atoms with Crippen molar-refractivity contribution in [1.29, 1.82) is 0 Å². The van der Waals surface area contributed by atoms with Gasteiger partial charge in [-0.15, -0.1) is 6.58 Å². The summed E-state index contributed by atoms with van der Waals surface area (Å²) in [6, 6.07) is 6.98. The van der Waals surface area contributed by atoms with Crippen LogP contribution in [0.25, 0.3) is 18.0 Å². The van der Waals surface area contributed by atoms with Crippen LogP contribution in [0.15, 0.2) is 29.1 Å². The summed E-state index contributed by atoms with van der Waals surface area (Å²) in [6.07, 6.45) is 0. The number of anilines is 1. The van der Waals surface area contributed by atoms with Gasteiger partial charge in [0.1, 0.15) is 5.75 Å². The van der Waals surface area contributed by atoms with E-state index in [1.165, 1.54) is 0 Å². The smallest absolute Gasteiger partial charge is 0.261 e. The van der Waals surface area contributed by atoms with Gasteiger partial charge in [-0.2, -0.15) is 0 Å². The van der Waals surface area contributed by atoms with Crippen LogP contribution in [0, 0.1) is 6.57 Å². The van der Waals surface area contributed by atoms with Crippen molar-refractivity contribution in [3.8, 4) is 11.6 Å². The van der Waals surface area contributed by atoms with Crippen LogP contribution in [0.5, 0.6) is 11.6 Å². The van der Waals surface area contributed by atoms with Gasteiger partial charge in [0.2, 0.25) is 5.88 Å². The number of nitrogens with zero attached hydrogens (tertiary/aromatic N) is 3. The summed E-state index contributed by atoms with van der Waals surface area (Å²) in [4.78, 5) is 17.4. The first-order valence-electron chi connectivity index (χ1n) is 8.43. The minimum Gasteiger partial charge on any atom is -0.503 e. The molecular formula is C19H19N3O5S. The summed E-state index contributed by atoms with van der Waals surface area (Å²) in [5.74, 6) is 0.204. The highest BCUT2D eigenvalue weighted by atomic mass is 32.2. The molecule has 0 radical (unpaired) electrons. The third kappa shape index (κ3) is 3.73. The molecule has 0 atom stereocenters. The molecule has 2 heterocycles. The Labute approximate surface area is 162 Å². The molecule has 1 saturated heterocycles. The molecule has 1 fully saturated rings. The summed E-state index contributed by atoms with van der Waals surface area (Å²) in [7, 11) is -2.94. The van der Waals surface area contributed by atoms with Crippen LogP contribution in [-0.2, 0) is 16.6 Å². The molecule has 2 aromatic rings. The number of benzene rings is 1. The van der Waals surface area contributed by atoms with Crippen LogP contribution < -0.4 is 25.6 Å². The van der Waals surface area contributed by atoms with Crippen molar-refractivity contribution >= 4 is 34.4 Å². The van der Waals surface area contributed by atoms with E-state index in [1.807, 2.05) is 4.90 Å². The lowest BCUT2D eigenvalue weighted by Gasteiger charge is -2.28. The van der Waals surface area contributed by atoms with Crippen molar-refractivity contribution in [2.45, 2.75) is 6.73 Å². The maximum Gasteiger partial charge on any atom is 0.261 e. The maximum atomic E-state index is 12.3. The molecule has 0 saturated carbocycles. The first-order chi connectivity index (χ1) is 13.2. The van der Waals surface area contributed by atoms with E-state index >= 15 is 0 Å². The van der Waals surface area contributed by atoms with Gasteiger partial charge in [-0.3, -0.25) is 9.36 Å². The fourth-order valence-electron chi connectivity index (χ4n) is 2.89. The second-order valence-electron chi connectivity index (χ2n) is 6.38. The number of pyridine rings is 1. The Bertz CT molecular complexity index is 1200. The molecule has 0 spiro atoms. The average Bonchev–Trinajstić information content (AvgIpc) is 2.67. The molecule has 1 aromatic carbocycles. The topological polar surface area (TPSA) is 93.2 Å². The molecule has 1 aliphatic heterocycles. The van der Waals surface area contributed by atoms with Crippen molar-refractivity contribution in [2.75, 3.05) is 29.5 Å². The molecule has 0 amide bonds. The maximum absolute atomic E-state index is 12.3. The van der Waals surface area contributed by atoms with Crippen molar-refractivity contribution in [3.63, 3.8) is 0 Å². The molecular weight excluding hydrogens is 382 g/mol. The predicted molar refractivity (Wildman–Crippen MR) is 107 cm³/mol. The van der Waals surface area contributed by atoms with Crippen LogP contribution in [0.1, 0.15) is 0 Å². The van der Waals surface area contributed by atoms with E-state index in [2.05, 4.69) is 18.0 Å². The molecule has 0 aliphatic carbocycles. The van der Waals surface area contributed by atoms with Gasteiger partial charge < -0.3 is 14.7 Å². The van der Waals surface area contributed by atoms with Crippen molar-refractivity contribution in [2.24, 2.45) is 0 Å². The number of aromatic hydroxyl groups is 1. The van der Waals surface area contributed by atoms with Crippen LogP contribution in [0.2, 0.25) is 0 Å². The van der Waals surface area contributed by atoms with Crippen molar-refractivity contribution < 1.29 is 18.3 Å². The molecule has 1 aromatic heterocycles. The van der Waals surface area contributed by atoms with Crippen LogP contribution >= 0.6 is 0 Å². The largest absolute Gasteiger partial charge is 0.503 e. The first-order valence-corrected chi connectivity index (χ1v) is 10.2. The third-order valence-corrected chi connectivity index (χ3v) is 6.25. The zero-order valence-electron chi connectivity index (χ0n) is 15.1.